The number of aromatic nitrogens is 3. The maximum absolute atomic E-state index is 11.4. The Bertz CT molecular complexity index is 568. The van der Waals surface area contributed by atoms with Crippen LogP contribution in [0.3, 0.4) is 0 Å². The first-order valence-corrected chi connectivity index (χ1v) is 5.76. The fourth-order valence-corrected chi connectivity index (χ4v) is 1.40. The van der Waals surface area contributed by atoms with Crippen molar-refractivity contribution < 1.29 is 14.3 Å². The third-order valence-corrected chi connectivity index (χ3v) is 2.27. The van der Waals surface area contributed by atoms with E-state index in [9.17, 15) is 4.79 Å². The fraction of sp³-hybridized carbons (Fsp3) is 0.250. The Hall–Kier alpha value is -2.57. The Kier molecular flexibility index (Phi) is 3.97. The first-order valence-electron chi connectivity index (χ1n) is 5.76. The number of hydrogen-bond donors (Lipinski definition) is 2. The lowest BCUT2D eigenvalue weighted by Gasteiger charge is -2.05. The minimum atomic E-state index is -0.566. The standard InChI is InChI=1S/C12H14N4O3/c1-2-18-12(17)11-14-10(15-16-11)7-19-9-6-4-3-5-8(9)13/h3-6H,2,7,13H2,1H3,(H,14,15,16). The number of benzene rings is 1. The van der Waals surface area contributed by atoms with Crippen molar-refractivity contribution in [1.82, 2.24) is 15.2 Å². The van der Waals surface area contributed by atoms with Crippen LogP contribution in [0.4, 0.5) is 5.69 Å². The summed E-state index contributed by atoms with van der Waals surface area (Å²) < 4.78 is 10.2. The number of hydrogen-bond acceptors (Lipinski definition) is 6. The van der Waals surface area contributed by atoms with Crippen LogP contribution < -0.4 is 10.5 Å². The summed E-state index contributed by atoms with van der Waals surface area (Å²) >= 11 is 0. The highest BCUT2D eigenvalue weighted by atomic mass is 16.5. The zero-order valence-corrected chi connectivity index (χ0v) is 10.4. The van der Waals surface area contributed by atoms with Crippen molar-refractivity contribution >= 4 is 11.7 Å². The Morgan fingerprint density at radius 1 is 1.42 bits per heavy atom. The summed E-state index contributed by atoms with van der Waals surface area (Å²) in [5.74, 6) is 0.397. The molecule has 7 nitrogen and oxygen atoms in total. The predicted octanol–water partition coefficient (Wildman–Crippen LogP) is 1.14. The number of nitrogens with zero attached hydrogens (tertiary/aromatic N) is 2. The SMILES string of the molecule is CCOC(=O)c1n[nH]c(COc2ccccc2N)n1. The van der Waals surface area contributed by atoms with Gasteiger partial charge in [0.15, 0.2) is 5.82 Å². The molecule has 2 rings (SSSR count). The number of anilines is 1. The molecule has 0 aliphatic rings. The normalized spacial score (nSPS) is 10.2. The molecule has 7 heteroatoms. The van der Waals surface area contributed by atoms with E-state index in [1.807, 2.05) is 12.1 Å². The van der Waals surface area contributed by atoms with Gasteiger partial charge in [-0.05, 0) is 19.1 Å². The van der Waals surface area contributed by atoms with Crippen molar-refractivity contribution in [3.8, 4) is 5.75 Å². The van der Waals surface area contributed by atoms with Crippen molar-refractivity contribution in [3.05, 3.63) is 35.9 Å². The van der Waals surface area contributed by atoms with E-state index in [-0.39, 0.29) is 19.0 Å². The average Bonchev–Trinajstić information content (AvgIpc) is 2.87. The zero-order valence-electron chi connectivity index (χ0n) is 10.4. The number of carbonyl (C=O) groups excluding carboxylic acids is 1. The van der Waals surface area contributed by atoms with E-state index in [0.717, 1.165) is 0 Å². The summed E-state index contributed by atoms with van der Waals surface area (Å²) in [5.41, 5.74) is 6.27. The van der Waals surface area contributed by atoms with Crippen LogP contribution in [0, 0.1) is 0 Å². The topological polar surface area (TPSA) is 103 Å². The number of H-pyrrole nitrogens is 1. The number of ether oxygens (including phenoxy) is 2. The van der Waals surface area contributed by atoms with E-state index >= 15 is 0 Å². The molecule has 0 saturated carbocycles. The molecule has 2 aromatic rings. The van der Waals surface area contributed by atoms with Gasteiger partial charge in [0.1, 0.15) is 12.4 Å². The smallest absolute Gasteiger partial charge is 0.378 e. The number of nitrogen functional groups attached to an aromatic ring is 1. The lowest BCUT2D eigenvalue weighted by molar-refractivity contribution is 0.0512. The van der Waals surface area contributed by atoms with Gasteiger partial charge in [0.05, 0.1) is 12.3 Å². The van der Waals surface area contributed by atoms with E-state index in [4.69, 9.17) is 15.2 Å². The molecule has 0 radical (unpaired) electrons. The van der Waals surface area contributed by atoms with Crippen LogP contribution in [0.2, 0.25) is 0 Å². The fourth-order valence-electron chi connectivity index (χ4n) is 1.40. The van der Waals surface area contributed by atoms with Crippen molar-refractivity contribution in [2.24, 2.45) is 0 Å². The van der Waals surface area contributed by atoms with Crippen LogP contribution in [0.1, 0.15) is 23.4 Å². The monoisotopic (exact) mass is 262 g/mol. The number of nitrogens with two attached hydrogens (primary N) is 1. The molecule has 0 aliphatic heterocycles. The van der Waals surface area contributed by atoms with Crippen LogP contribution in [0.5, 0.6) is 5.75 Å². The second-order valence-corrected chi connectivity index (χ2v) is 3.65. The highest BCUT2D eigenvalue weighted by Gasteiger charge is 2.13. The molecule has 1 aromatic heterocycles. The van der Waals surface area contributed by atoms with E-state index in [0.29, 0.717) is 17.3 Å². The van der Waals surface area contributed by atoms with E-state index in [1.54, 1.807) is 19.1 Å². The molecule has 0 spiro atoms. The van der Waals surface area contributed by atoms with Crippen LogP contribution in [0.15, 0.2) is 24.3 Å². The van der Waals surface area contributed by atoms with Gasteiger partial charge in [-0.1, -0.05) is 12.1 Å². The molecule has 0 amide bonds. The average molecular weight is 262 g/mol. The third kappa shape index (κ3) is 3.21. The molecule has 3 N–H and O–H groups in total. The van der Waals surface area contributed by atoms with Crippen LogP contribution in [-0.2, 0) is 11.3 Å². The molecule has 0 saturated heterocycles. The quantitative estimate of drug-likeness (QED) is 0.618. The first-order chi connectivity index (χ1) is 9.20. The minimum absolute atomic E-state index is 0.0125. The van der Waals surface area contributed by atoms with Gasteiger partial charge in [0.2, 0.25) is 0 Å². The lowest BCUT2D eigenvalue weighted by Crippen LogP contribution is -2.07. The minimum Gasteiger partial charge on any atom is -0.483 e. The van der Waals surface area contributed by atoms with Gasteiger partial charge in [-0.2, -0.15) is 0 Å². The molecule has 19 heavy (non-hydrogen) atoms. The van der Waals surface area contributed by atoms with E-state index in [1.165, 1.54) is 0 Å². The molecule has 100 valence electrons. The molecule has 0 unspecified atom stereocenters. The molecule has 1 aromatic carbocycles. The van der Waals surface area contributed by atoms with Crippen LogP contribution in [0.25, 0.3) is 0 Å². The van der Waals surface area contributed by atoms with Crippen molar-refractivity contribution in [1.29, 1.82) is 0 Å². The summed E-state index contributed by atoms with van der Waals surface area (Å²) in [6, 6.07) is 7.11. The van der Waals surface area contributed by atoms with Gasteiger partial charge in [-0.15, -0.1) is 5.10 Å². The second-order valence-electron chi connectivity index (χ2n) is 3.65. The first kappa shape index (κ1) is 12.9. The summed E-state index contributed by atoms with van der Waals surface area (Å²) in [5, 5.41) is 6.35. The Labute approximate surface area is 109 Å². The highest BCUT2D eigenvalue weighted by Crippen LogP contribution is 2.20. The van der Waals surface area contributed by atoms with Crippen molar-refractivity contribution in [2.75, 3.05) is 12.3 Å². The van der Waals surface area contributed by atoms with Crippen molar-refractivity contribution in [3.63, 3.8) is 0 Å². The molecule has 0 atom stereocenters. The van der Waals surface area contributed by atoms with E-state index in [2.05, 4.69) is 15.2 Å². The summed E-state index contributed by atoms with van der Waals surface area (Å²) in [6.07, 6.45) is 0. The van der Waals surface area contributed by atoms with Gasteiger partial charge in [-0.3, -0.25) is 5.10 Å². The van der Waals surface area contributed by atoms with Crippen LogP contribution in [-0.4, -0.2) is 27.8 Å². The Morgan fingerprint density at radius 3 is 2.95 bits per heavy atom. The maximum atomic E-state index is 11.4. The molecule has 0 aliphatic carbocycles. The molecule has 1 heterocycles. The summed E-state index contributed by atoms with van der Waals surface area (Å²) in [4.78, 5) is 15.3. The van der Waals surface area contributed by atoms with Gasteiger partial charge in [0.25, 0.3) is 5.82 Å². The largest absolute Gasteiger partial charge is 0.483 e. The Balaban J connectivity index is 1.97. The number of para-hydroxylation sites is 2. The lowest BCUT2D eigenvalue weighted by atomic mass is 10.3. The van der Waals surface area contributed by atoms with Gasteiger partial charge >= 0.3 is 5.97 Å². The number of aromatic amines is 1. The number of nitrogens with one attached hydrogen (secondary N) is 1. The molecule has 0 fully saturated rings. The van der Waals surface area contributed by atoms with Gasteiger partial charge in [-0.25, -0.2) is 9.78 Å². The maximum Gasteiger partial charge on any atom is 0.378 e. The predicted molar refractivity (Wildman–Crippen MR) is 67.5 cm³/mol. The van der Waals surface area contributed by atoms with E-state index < -0.39 is 5.97 Å². The molecular formula is C12H14N4O3. The summed E-state index contributed by atoms with van der Waals surface area (Å²) in [7, 11) is 0. The molecular weight excluding hydrogens is 248 g/mol. The number of rotatable bonds is 5. The molecule has 0 bridgehead atoms. The summed E-state index contributed by atoms with van der Waals surface area (Å²) in [6.45, 7) is 2.13. The number of esters is 1. The second kappa shape index (κ2) is 5.85. The third-order valence-electron chi connectivity index (χ3n) is 2.27. The van der Waals surface area contributed by atoms with Gasteiger partial charge in [0, 0.05) is 0 Å². The number of carbonyl (C=O) groups is 1. The zero-order chi connectivity index (χ0) is 13.7. The Morgan fingerprint density at radius 2 is 2.21 bits per heavy atom. The van der Waals surface area contributed by atoms with Crippen LogP contribution >= 0.6 is 0 Å². The van der Waals surface area contributed by atoms with Gasteiger partial charge < -0.3 is 15.2 Å². The highest BCUT2D eigenvalue weighted by molar-refractivity contribution is 5.84. The van der Waals surface area contributed by atoms with Crippen molar-refractivity contribution in [2.45, 2.75) is 13.5 Å².